The molecule has 8 aromatic carbocycles. The van der Waals surface area contributed by atoms with E-state index in [1.54, 1.807) is 0 Å². The molecule has 242 valence electrons. The van der Waals surface area contributed by atoms with E-state index >= 15 is 0 Å². The highest BCUT2D eigenvalue weighted by Crippen LogP contribution is 2.40. The fourth-order valence-corrected chi connectivity index (χ4v) is 8.06. The second-order valence-electron chi connectivity index (χ2n) is 13.5. The van der Waals surface area contributed by atoms with Crippen molar-refractivity contribution in [3.05, 3.63) is 182 Å². The van der Waals surface area contributed by atoms with E-state index in [9.17, 15) is 0 Å². The molecule has 0 bridgehead atoms. The van der Waals surface area contributed by atoms with Crippen LogP contribution in [0.5, 0.6) is 0 Å². The van der Waals surface area contributed by atoms with E-state index in [1.165, 1.54) is 37.8 Å². The summed E-state index contributed by atoms with van der Waals surface area (Å²) >= 11 is 0. The lowest BCUT2D eigenvalue weighted by Gasteiger charge is -2.15. The number of hydrogen-bond donors (Lipinski definition) is 0. The molecular weight excluding hydrogens is 633 g/mol. The Morgan fingerprint density at radius 2 is 0.923 bits per heavy atom. The molecule has 0 N–H and O–H groups in total. The summed E-state index contributed by atoms with van der Waals surface area (Å²) < 4.78 is 4.68. The van der Waals surface area contributed by atoms with Crippen LogP contribution in [0.25, 0.3) is 99.3 Å². The Bertz CT molecular complexity index is 3170. The van der Waals surface area contributed by atoms with Gasteiger partial charge in [0.05, 0.1) is 33.1 Å². The predicted octanol–water partition coefficient (Wildman–Crippen LogP) is 12.3. The molecule has 0 fully saturated rings. The molecule has 0 radical (unpaired) electrons. The molecule has 11 aromatic rings. The highest BCUT2D eigenvalue weighted by atomic mass is 15.1. The Kier molecular flexibility index (Phi) is 6.22. The van der Waals surface area contributed by atoms with Gasteiger partial charge in [-0.2, -0.15) is 0 Å². The zero-order valence-electron chi connectivity index (χ0n) is 28.1. The summed E-state index contributed by atoms with van der Waals surface area (Å²) in [6, 6.07) is 64.8. The summed E-state index contributed by atoms with van der Waals surface area (Å²) in [5.41, 5.74) is 11.5. The number of fused-ring (bicyclic) bond motifs is 8. The van der Waals surface area contributed by atoms with Gasteiger partial charge < -0.3 is 4.57 Å². The molecule has 0 saturated carbocycles. The second-order valence-corrected chi connectivity index (χ2v) is 13.5. The molecule has 0 atom stereocenters. The van der Waals surface area contributed by atoms with Crippen LogP contribution >= 0.6 is 0 Å². The number of aromatic nitrogens is 4. The minimum absolute atomic E-state index is 0.811. The Hall–Kier alpha value is -7.04. The number of benzene rings is 8. The Labute approximate surface area is 299 Å². The minimum Gasteiger partial charge on any atom is -0.309 e. The highest BCUT2D eigenvalue weighted by Gasteiger charge is 2.21. The standard InChI is InChI=1S/C48H30N4/c1-3-13-31(14-4-1)34-23-25-41-42(29-34)50-48(52-44-22-12-10-20-38(44)40-27-32-15-7-8-16-33(32)30-46(40)52)47(49-41)35-24-26-45-39(28-35)37-19-9-11-21-43(37)51(45)36-17-5-2-6-18-36/h1-30H. The van der Waals surface area contributed by atoms with Crippen LogP contribution in [0.1, 0.15) is 0 Å². The first kappa shape index (κ1) is 28.8. The first-order chi connectivity index (χ1) is 25.8. The zero-order chi connectivity index (χ0) is 34.2. The molecule has 3 heterocycles. The number of hydrogen-bond acceptors (Lipinski definition) is 2. The smallest absolute Gasteiger partial charge is 0.165 e. The molecule has 4 heteroatoms. The third-order valence-corrected chi connectivity index (χ3v) is 10.5. The molecule has 3 aromatic heterocycles. The van der Waals surface area contributed by atoms with E-state index in [2.05, 4.69) is 191 Å². The number of nitrogens with zero attached hydrogens (tertiary/aromatic N) is 4. The van der Waals surface area contributed by atoms with E-state index in [0.29, 0.717) is 0 Å². The lowest BCUT2D eigenvalue weighted by molar-refractivity contribution is 1.08. The largest absolute Gasteiger partial charge is 0.309 e. The first-order valence-electron chi connectivity index (χ1n) is 17.7. The van der Waals surface area contributed by atoms with Gasteiger partial charge in [-0.15, -0.1) is 0 Å². The van der Waals surface area contributed by atoms with Crippen molar-refractivity contribution in [1.29, 1.82) is 0 Å². The quantitative estimate of drug-likeness (QED) is 0.188. The van der Waals surface area contributed by atoms with Gasteiger partial charge >= 0.3 is 0 Å². The first-order valence-corrected chi connectivity index (χ1v) is 17.7. The van der Waals surface area contributed by atoms with E-state index < -0.39 is 0 Å². The lowest BCUT2D eigenvalue weighted by Crippen LogP contribution is -2.04. The van der Waals surface area contributed by atoms with E-state index in [0.717, 1.165) is 61.5 Å². The van der Waals surface area contributed by atoms with Crippen molar-refractivity contribution in [2.75, 3.05) is 0 Å². The Morgan fingerprint density at radius 3 is 1.69 bits per heavy atom. The van der Waals surface area contributed by atoms with Crippen molar-refractivity contribution < 1.29 is 0 Å². The van der Waals surface area contributed by atoms with Gasteiger partial charge in [0.15, 0.2) is 5.82 Å². The van der Waals surface area contributed by atoms with Crippen molar-refractivity contribution in [3.63, 3.8) is 0 Å². The highest BCUT2D eigenvalue weighted by molar-refractivity contribution is 6.14. The molecule has 4 nitrogen and oxygen atoms in total. The van der Waals surface area contributed by atoms with E-state index in [1.807, 2.05) is 0 Å². The van der Waals surface area contributed by atoms with Crippen molar-refractivity contribution >= 4 is 65.4 Å². The van der Waals surface area contributed by atoms with Gasteiger partial charge in [0, 0.05) is 32.8 Å². The molecule has 0 aliphatic rings. The van der Waals surface area contributed by atoms with Gasteiger partial charge in [-0.3, -0.25) is 4.57 Å². The number of rotatable bonds is 4. The van der Waals surface area contributed by atoms with Crippen LogP contribution in [0.4, 0.5) is 0 Å². The van der Waals surface area contributed by atoms with Crippen LogP contribution in [0, 0.1) is 0 Å². The molecule has 11 rings (SSSR count). The molecule has 0 aliphatic heterocycles. The molecule has 0 amide bonds. The maximum atomic E-state index is 5.55. The summed E-state index contributed by atoms with van der Waals surface area (Å²) in [4.78, 5) is 11.0. The van der Waals surface area contributed by atoms with Gasteiger partial charge in [-0.25, -0.2) is 9.97 Å². The van der Waals surface area contributed by atoms with Crippen LogP contribution in [-0.2, 0) is 0 Å². The average molecular weight is 663 g/mol. The molecule has 0 saturated heterocycles. The van der Waals surface area contributed by atoms with Gasteiger partial charge in [-0.1, -0.05) is 121 Å². The van der Waals surface area contributed by atoms with Crippen molar-refractivity contribution in [1.82, 2.24) is 19.1 Å². The monoisotopic (exact) mass is 662 g/mol. The molecule has 0 spiro atoms. The van der Waals surface area contributed by atoms with Crippen molar-refractivity contribution in [2.24, 2.45) is 0 Å². The molecular formula is C48H30N4. The van der Waals surface area contributed by atoms with E-state index in [4.69, 9.17) is 9.97 Å². The Balaban J connectivity index is 1.24. The summed E-state index contributed by atoms with van der Waals surface area (Å²) in [5, 5.41) is 7.18. The average Bonchev–Trinajstić information content (AvgIpc) is 3.72. The van der Waals surface area contributed by atoms with Crippen molar-refractivity contribution in [3.8, 4) is 33.9 Å². The van der Waals surface area contributed by atoms with Crippen molar-refractivity contribution in [2.45, 2.75) is 0 Å². The summed E-state index contributed by atoms with van der Waals surface area (Å²) in [5.74, 6) is 0.811. The van der Waals surface area contributed by atoms with Crippen LogP contribution in [0.15, 0.2) is 182 Å². The molecule has 52 heavy (non-hydrogen) atoms. The van der Waals surface area contributed by atoms with Crippen LogP contribution < -0.4 is 0 Å². The minimum atomic E-state index is 0.811. The van der Waals surface area contributed by atoms with Crippen LogP contribution in [0.3, 0.4) is 0 Å². The van der Waals surface area contributed by atoms with Gasteiger partial charge in [0.1, 0.15) is 5.69 Å². The summed E-state index contributed by atoms with van der Waals surface area (Å²) in [7, 11) is 0. The normalized spacial score (nSPS) is 11.8. The van der Waals surface area contributed by atoms with Crippen LogP contribution in [0.2, 0.25) is 0 Å². The fraction of sp³-hybridized carbons (Fsp3) is 0. The SMILES string of the molecule is c1ccc(-c2ccc3nc(-c4ccc5c(c4)c4ccccc4n5-c4ccccc4)c(-n4c5ccccc5c5cc6ccccc6cc54)nc3c2)cc1. The van der Waals surface area contributed by atoms with Gasteiger partial charge in [-0.05, 0) is 82.6 Å². The fourth-order valence-electron chi connectivity index (χ4n) is 8.06. The molecule has 0 aliphatic carbocycles. The predicted molar refractivity (Wildman–Crippen MR) is 217 cm³/mol. The van der Waals surface area contributed by atoms with E-state index in [-0.39, 0.29) is 0 Å². The summed E-state index contributed by atoms with van der Waals surface area (Å²) in [6.45, 7) is 0. The Morgan fingerprint density at radius 1 is 0.327 bits per heavy atom. The van der Waals surface area contributed by atoms with Gasteiger partial charge in [0.2, 0.25) is 0 Å². The third kappa shape index (κ3) is 4.34. The second kappa shape index (κ2) is 11.2. The molecule has 0 unspecified atom stereocenters. The maximum Gasteiger partial charge on any atom is 0.165 e. The van der Waals surface area contributed by atoms with Crippen LogP contribution in [-0.4, -0.2) is 19.1 Å². The maximum absolute atomic E-state index is 5.55. The lowest BCUT2D eigenvalue weighted by atomic mass is 10.0. The topological polar surface area (TPSA) is 35.6 Å². The summed E-state index contributed by atoms with van der Waals surface area (Å²) in [6.07, 6.45) is 0. The third-order valence-electron chi connectivity index (χ3n) is 10.5. The van der Waals surface area contributed by atoms with Gasteiger partial charge in [0.25, 0.3) is 0 Å². The zero-order valence-corrected chi connectivity index (χ0v) is 28.1. The number of para-hydroxylation sites is 3.